The summed E-state index contributed by atoms with van der Waals surface area (Å²) in [6.45, 7) is 1.32. The Labute approximate surface area is 178 Å². The van der Waals surface area contributed by atoms with Gasteiger partial charge in [-0.15, -0.1) is 0 Å². The lowest BCUT2D eigenvalue weighted by Crippen LogP contribution is -2.73. The fraction of sp³-hybridized carbons (Fsp3) is 0.381. The molecule has 0 spiro atoms. The Morgan fingerprint density at radius 1 is 1.23 bits per heavy atom. The first-order valence-electron chi connectivity index (χ1n) is 9.63. The Morgan fingerprint density at radius 2 is 1.94 bits per heavy atom. The standard InChI is InChI=1S/C21H25N3O7/c1-12-17(26)21(22,30)16(25)9-20(12,29)19(28)24-18(27)15-7-3-2-5-13(15)11-31-14-6-4-8-23-10-14/h2-8,10,12,16-17,25-26,29-30H,9,11,22H2,1H3,(H,24,27,28)/t12?,16-,17-,20?,21?/m1/s1. The number of nitrogens with one attached hydrogen (secondary N) is 1. The second-order valence-corrected chi connectivity index (χ2v) is 7.68. The average molecular weight is 431 g/mol. The van der Waals surface area contributed by atoms with E-state index in [0.29, 0.717) is 11.3 Å². The number of aliphatic hydroxyl groups is 4. The van der Waals surface area contributed by atoms with Crippen molar-refractivity contribution in [3.05, 3.63) is 59.9 Å². The number of nitrogens with zero attached hydrogens (tertiary/aromatic N) is 1. The predicted octanol–water partition coefficient (Wildman–Crippen LogP) is -0.943. The first-order valence-corrected chi connectivity index (χ1v) is 9.63. The van der Waals surface area contributed by atoms with Crippen LogP contribution in [0.4, 0.5) is 0 Å². The highest BCUT2D eigenvalue weighted by atomic mass is 16.5. The molecule has 0 radical (unpaired) electrons. The molecule has 1 aliphatic rings. The van der Waals surface area contributed by atoms with Gasteiger partial charge in [0.2, 0.25) is 0 Å². The highest BCUT2D eigenvalue weighted by Crippen LogP contribution is 2.37. The Balaban J connectivity index is 1.75. The zero-order valence-corrected chi connectivity index (χ0v) is 16.8. The number of hydrogen-bond donors (Lipinski definition) is 6. The molecule has 1 aliphatic carbocycles. The van der Waals surface area contributed by atoms with Gasteiger partial charge in [0.15, 0.2) is 11.3 Å². The number of aromatic nitrogens is 1. The Morgan fingerprint density at radius 3 is 2.61 bits per heavy atom. The number of amides is 2. The van der Waals surface area contributed by atoms with Crippen molar-refractivity contribution < 1.29 is 34.8 Å². The third kappa shape index (κ3) is 4.43. The van der Waals surface area contributed by atoms with Crippen LogP contribution in [0.5, 0.6) is 5.75 Å². The molecule has 166 valence electrons. The predicted molar refractivity (Wildman–Crippen MR) is 107 cm³/mol. The van der Waals surface area contributed by atoms with Gasteiger partial charge in [-0.1, -0.05) is 25.1 Å². The summed E-state index contributed by atoms with van der Waals surface area (Å²) < 4.78 is 5.61. The van der Waals surface area contributed by atoms with Crippen LogP contribution in [0.15, 0.2) is 48.8 Å². The number of rotatable bonds is 5. The summed E-state index contributed by atoms with van der Waals surface area (Å²) in [5.74, 6) is -2.69. The molecule has 3 unspecified atom stereocenters. The number of aliphatic hydroxyl groups excluding tert-OH is 2. The number of benzene rings is 1. The summed E-state index contributed by atoms with van der Waals surface area (Å²) in [5.41, 5.74) is 1.39. The van der Waals surface area contributed by atoms with Gasteiger partial charge in [-0.05, 0) is 18.2 Å². The minimum Gasteiger partial charge on any atom is -0.487 e. The number of hydrogen-bond acceptors (Lipinski definition) is 9. The zero-order valence-electron chi connectivity index (χ0n) is 16.8. The van der Waals surface area contributed by atoms with E-state index in [-0.39, 0.29) is 12.2 Å². The summed E-state index contributed by atoms with van der Waals surface area (Å²) in [5, 5.41) is 43.1. The highest BCUT2D eigenvalue weighted by Gasteiger charge is 2.59. The van der Waals surface area contributed by atoms with Crippen LogP contribution in [0.3, 0.4) is 0 Å². The van der Waals surface area contributed by atoms with E-state index in [0.717, 1.165) is 0 Å². The normalized spacial score (nSPS) is 30.5. The van der Waals surface area contributed by atoms with Crippen LogP contribution in [0.25, 0.3) is 0 Å². The second kappa shape index (κ2) is 8.69. The van der Waals surface area contributed by atoms with E-state index in [9.17, 15) is 30.0 Å². The molecule has 10 heteroatoms. The van der Waals surface area contributed by atoms with Crippen LogP contribution < -0.4 is 15.8 Å². The van der Waals surface area contributed by atoms with Gasteiger partial charge in [0.05, 0.1) is 6.20 Å². The van der Waals surface area contributed by atoms with Crippen molar-refractivity contribution in [3.63, 3.8) is 0 Å². The molecule has 1 heterocycles. The Hall–Kier alpha value is -2.89. The van der Waals surface area contributed by atoms with E-state index < -0.39 is 47.7 Å². The van der Waals surface area contributed by atoms with Crippen molar-refractivity contribution in [3.8, 4) is 5.75 Å². The number of carbonyl (C=O) groups excluding carboxylic acids is 2. The van der Waals surface area contributed by atoms with E-state index >= 15 is 0 Å². The molecular formula is C21H25N3O7. The largest absolute Gasteiger partial charge is 0.487 e. The molecule has 0 aliphatic heterocycles. The van der Waals surface area contributed by atoms with E-state index in [4.69, 9.17) is 10.5 Å². The van der Waals surface area contributed by atoms with Crippen LogP contribution >= 0.6 is 0 Å². The van der Waals surface area contributed by atoms with E-state index in [1.165, 1.54) is 19.2 Å². The third-order valence-electron chi connectivity index (χ3n) is 5.65. The Kier molecular flexibility index (Phi) is 6.39. The van der Waals surface area contributed by atoms with Crippen LogP contribution in [0.2, 0.25) is 0 Å². The lowest BCUT2D eigenvalue weighted by Gasteiger charge is -2.48. The van der Waals surface area contributed by atoms with Crippen molar-refractivity contribution in [1.82, 2.24) is 10.3 Å². The molecule has 1 fully saturated rings. The molecule has 7 N–H and O–H groups in total. The number of carbonyl (C=O) groups is 2. The molecule has 10 nitrogen and oxygen atoms in total. The van der Waals surface area contributed by atoms with Gasteiger partial charge in [0, 0.05) is 29.7 Å². The number of ether oxygens (including phenoxy) is 1. The van der Waals surface area contributed by atoms with E-state index in [1.54, 1.807) is 36.5 Å². The molecule has 2 aromatic rings. The van der Waals surface area contributed by atoms with Gasteiger partial charge in [-0.2, -0.15) is 0 Å². The van der Waals surface area contributed by atoms with Gasteiger partial charge >= 0.3 is 0 Å². The minimum absolute atomic E-state index is 0.0295. The van der Waals surface area contributed by atoms with Gasteiger partial charge in [-0.25, -0.2) is 0 Å². The lowest BCUT2D eigenvalue weighted by molar-refractivity contribution is -0.233. The van der Waals surface area contributed by atoms with Crippen LogP contribution in [0.1, 0.15) is 29.3 Å². The van der Waals surface area contributed by atoms with Crippen LogP contribution in [-0.2, 0) is 11.4 Å². The summed E-state index contributed by atoms with van der Waals surface area (Å²) in [6.07, 6.45) is -1.15. The first-order chi connectivity index (χ1) is 14.6. The molecule has 5 atom stereocenters. The van der Waals surface area contributed by atoms with Crippen LogP contribution in [0, 0.1) is 5.92 Å². The van der Waals surface area contributed by atoms with Crippen LogP contribution in [-0.4, -0.2) is 60.8 Å². The summed E-state index contributed by atoms with van der Waals surface area (Å²) in [6, 6.07) is 9.84. The average Bonchev–Trinajstić information content (AvgIpc) is 2.76. The molecule has 0 saturated heterocycles. The molecule has 2 amide bonds. The molecule has 0 bridgehead atoms. The van der Waals surface area contributed by atoms with Crippen molar-refractivity contribution in [2.24, 2.45) is 11.7 Å². The van der Waals surface area contributed by atoms with Crippen molar-refractivity contribution >= 4 is 11.8 Å². The fourth-order valence-electron chi connectivity index (χ4n) is 3.54. The summed E-state index contributed by atoms with van der Waals surface area (Å²) in [4.78, 5) is 29.4. The number of nitrogens with two attached hydrogens (primary N) is 1. The Bertz CT molecular complexity index is 953. The topological polar surface area (TPSA) is 175 Å². The second-order valence-electron chi connectivity index (χ2n) is 7.68. The molecule has 31 heavy (non-hydrogen) atoms. The molecule has 1 aromatic carbocycles. The number of pyridine rings is 1. The first kappa shape index (κ1) is 22.8. The van der Waals surface area contributed by atoms with Crippen molar-refractivity contribution in [2.75, 3.05) is 0 Å². The fourth-order valence-corrected chi connectivity index (χ4v) is 3.54. The minimum atomic E-state index is -2.40. The zero-order chi connectivity index (χ0) is 22.8. The molecule has 3 rings (SSSR count). The van der Waals surface area contributed by atoms with Gasteiger partial charge in [0.25, 0.3) is 11.8 Å². The van der Waals surface area contributed by atoms with E-state index in [2.05, 4.69) is 10.3 Å². The van der Waals surface area contributed by atoms with Gasteiger partial charge in [-0.3, -0.25) is 25.6 Å². The maximum Gasteiger partial charge on any atom is 0.259 e. The molecule has 1 saturated carbocycles. The maximum atomic E-state index is 12.8. The maximum absolute atomic E-state index is 12.8. The van der Waals surface area contributed by atoms with Gasteiger partial charge in [0.1, 0.15) is 24.6 Å². The van der Waals surface area contributed by atoms with E-state index in [1.807, 2.05) is 0 Å². The SMILES string of the molecule is CC1[C@@H](O)C(N)(O)[C@H](O)CC1(O)C(=O)NC(=O)c1ccccc1COc1cccnc1. The molecule has 1 aromatic heterocycles. The lowest BCUT2D eigenvalue weighted by atomic mass is 9.69. The smallest absolute Gasteiger partial charge is 0.259 e. The molecular weight excluding hydrogens is 406 g/mol. The third-order valence-corrected chi connectivity index (χ3v) is 5.65. The monoisotopic (exact) mass is 431 g/mol. The van der Waals surface area contributed by atoms with Gasteiger partial charge < -0.3 is 25.2 Å². The summed E-state index contributed by atoms with van der Waals surface area (Å²) >= 11 is 0. The number of imide groups is 1. The highest BCUT2D eigenvalue weighted by molar-refractivity contribution is 6.07. The van der Waals surface area contributed by atoms with Crippen molar-refractivity contribution in [1.29, 1.82) is 0 Å². The summed E-state index contributed by atoms with van der Waals surface area (Å²) in [7, 11) is 0. The quantitative estimate of drug-likeness (QED) is 0.258. The van der Waals surface area contributed by atoms with Crippen molar-refractivity contribution in [2.45, 2.75) is 43.5 Å².